The molecule has 0 fully saturated rings. The van der Waals surface area contributed by atoms with Gasteiger partial charge in [0.25, 0.3) is 0 Å². The quantitative estimate of drug-likeness (QED) is 0.873. The van der Waals surface area contributed by atoms with Gasteiger partial charge in [0.1, 0.15) is 29.9 Å². The molecule has 1 aliphatic heterocycles. The molecule has 3 amide bonds. The second-order valence-corrected chi connectivity index (χ2v) is 5.60. The smallest absolute Gasteiger partial charge is 0.322 e. The molecule has 2 N–H and O–H groups in total. The first-order valence-electron chi connectivity index (χ1n) is 7.62. The first kappa shape index (κ1) is 17.3. The Morgan fingerprint density at radius 2 is 2.19 bits per heavy atom. The van der Waals surface area contributed by atoms with Crippen molar-refractivity contribution < 1.29 is 18.4 Å². The molecule has 0 atom stereocenters. The number of amides is 3. The Labute approximate surface area is 147 Å². The molecule has 2 aromatic rings. The standard InChI is InChI=1S/C17H13F2N5O2/c18-11-2-1-10(13(19)5-11)7-22-16(25)9-24-8-12-14(23-17(24)26)3-4-21-15(12)6-20/h1-5H,7-9H2,(H,22,25)(H,23,26). The largest absolute Gasteiger partial charge is 0.350 e. The number of pyridine rings is 1. The monoisotopic (exact) mass is 357 g/mol. The second-order valence-electron chi connectivity index (χ2n) is 5.60. The number of nitriles is 1. The van der Waals surface area contributed by atoms with Crippen LogP contribution in [0.3, 0.4) is 0 Å². The number of benzene rings is 1. The zero-order valence-corrected chi connectivity index (χ0v) is 13.4. The highest BCUT2D eigenvalue weighted by molar-refractivity contribution is 5.95. The predicted molar refractivity (Wildman–Crippen MR) is 86.6 cm³/mol. The van der Waals surface area contributed by atoms with Crippen LogP contribution >= 0.6 is 0 Å². The van der Waals surface area contributed by atoms with Crippen LogP contribution in [0.4, 0.5) is 19.3 Å². The molecule has 0 saturated heterocycles. The lowest BCUT2D eigenvalue weighted by molar-refractivity contribution is -0.121. The lowest BCUT2D eigenvalue weighted by Crippen LogP contribution is -2.44. The van der Waals surface area contributed by atoms with Gasteiger partial charge in [-0.3, -0.25) is 4.79 Å². The number of hydrogen-bond acceptors (Lipinski definition) is 4. The molecular weight excluding hydrogens is 344 g/mol. The zero-order valence-electron chi connectivity index (χ0n) is 13.4. The fourth-order valence-corrected chi connectivity index (χ4v) is 2.54. The number of nitrogens with zero attached hydrogens (tertiary/aromatic N) is 3. The molecule has 1 aromatic carbocycles. The van der Waals surface area contributed by atoms with Crippen molar-refractivity contribution in [3.05, 3.63) is 58.9 Å². The predicted octanol–water partition coefficient (Wildman–Crippen LogP) is 1.90. The Bertz CT molecular complexity index is 926. The lowest BCUT2D eigenvalue weighted by Gasteiger charge is -2.29. The Morgan fingerprint density at radius 3 is 2.92 bits per heavy atom. The second kappa shape index (κ2) is 7.14. The van der Waals surface area contributed by atoms with Crippen molar-refractivity contribution in [2.45, 2.75) is 13.1 Å². The lowest BCUT2D eigenvalue weighted by atomic mass is 10.1. The van der Waals surface area contributed by atoms with Gasteiger partial charge in [0, 0.05) is 29.9 Å². The first-order valence-corrected chi connectivity index (χ1v) is 7.62. The summed E-state index contributed by atoms with van der Waals surface area (Å²) in [5.41, 5.74) is 1.30. The van der Waals surface area contributed by atoms with Gasteiger partial charge in [0.15, 0.2) is 0 Å². The number of aromatic nitrogens is 1. The van der Waals surface area contributed by atoms with Crippen molar-refractivity contribution >= 4 is 17.6 Å². The van der Waals surface area contributed by atoms with Crippen LogP contribution < -0.4 is 10.6 Å². The minimum Gasteiger partial charge on any atom is -0.350 e. The van der Waals surface area contributed by atoms with Crippen LogP contribution in [-0.2, 0) is 17.9 Å². The minimum absolute atomic E-state index is 0.0518. The van der Waals surface area contributed by atoms with E-state index in [0.717, 1.165) is 12.1 Å². The maximum Gasteiger partial charge on any atom is 0.322 e. The maximum atomic E-state index is 13.6. The Hall–Kier alpha value is -3.54. The van der Waals surface area contributed by atoms with Gasteiger partial charge in [-0.25, -0.2) is 18.6 Å². The number of fused-ring (bicyclic) bond motifs is 1. The molecule has 26 heavy (non-hydrogen) atoms. The van der Waals surface area contributed by atoms with Gasteiger partial charge in [0.2, 0.25) is 5.91 Å². The van der Waals surface area contributed by atoms with E-state index in [2.05, 4.69) is 15.6 Å². The van der Waals surface area contributed by atoms with Gasteiger partial charge < -0.3 is 15.5 Å². The summed E-state index contributed by atoms with van der Waals surface area (Å²) in [6, 6.07) is 6.08. The van der Waals surface area contributed by atoms with E-state index in [1.54, 1.807) is 6.07 Å². The van der Waals surface area contributed by atoms with Crippen LogP contribution in [0.1, 0.15) is 16.8 Å². The normalized spacial score (nSPS) is 12.8. The van der Waals surface area contributed by atoms with E-state index in [1.165, 1.54) is 17.2 Å². The van der Waals surface area contributed by atoms with Crippen molar-refractivity contribution in [3.8, 4) is 6.07 Å². The fraction of sp³-hybridized carbons (Fsp3) is 0.176. The first-order chi connectivity index (χ1) is 12.5. The molecule has 1 aliphatic rings. The number of nitrogens with one attached hydrogen (secondary N) is 2. The molecule has 2 heterocycles. The number of rotatable bonds is 4. The maximum absolute atomic E-state index is 13.6. The van der Waals surface area contributed by atoms with Crippen molar-refractivity contribution in [2.75, 3.05) is 11.9 Å². The third-order valence-electron chi connectivity index (χ3n) is 3.87. The SMILES string of the molecule is N#Cc1nccc2c1CN(CC(=O)NCc1ccc(F)cc1F)C(=O)N2. The van der Waals surface area contributed by atoms with E-state index in [9.17, 15) is 18.4 Å². The third-order valence-corrected chi connectivity index (χ3v) is 3.87. The van der Waals surface area contributed by atoms with Crippen LogP contribution in [0.25, 0.3) is 0 Å². The summed E-state index contributed by atoms with van der Waals surface area (Å²) in [5.74, 6) is -1.99. The van der Waals surface area contributed by atoms with E-state index in [1.807, 2.05) is 6.07 Å². The number of halogens is 2. The molecule has 0 unspecified atom stereocenters. The minimum atomic E-state index is -0.764. The number of carbonyl (C=O) groups excluding carboxylic acids is 2. The number of hydrogen-bond donors (Lipinski definition) is 2. The molecular formula is C17H13F2N5O2. The van der Waals surface area contributed by atoms with Crippen molar-refractivity contribution in [3.63, 3.8) is 0 Å². The highest BCUT2D eigenvalue weighted by Gasteiger charge is 2.26. The van der Waals surface area contributed by atoms with Crippen molar-refractivity contribution in [1.29, 1.82) is 5.26 Å². The Balaban J connectivity index is 1.64. The van der Waals surface area contributed by atoms with E-state index in [0.29, 0.717) is 11.3 Å². The number of anilines is 1. The molecule has 0 aliphatic carbocycles. The van der Waals surface area contributed by atoms with Crippen LogP contribution in [0.5, 0.6) is 0 Å². The van der Waals surface area contributed by atoms with Crippen LogP contribution in [-0.4, -0.2) is 28.4 Å². The van der Waals surface area contributed by atoms with Crippen molar-refractivity contribution in [1.82, 2.24) is 15.2 Å². The summed E-state index contributed by atoms with van der Waals surface area (Å²) in [6.45, 7) is -0.369. The Morgan fingerprint density at radius 1 is 1.38 bits per heavy atom. The van der Waals surface area contributed by atoms with Crippen molar-refractivity contribution in [2.24, 2.45) is 0 Å². The molecule has 132 valence electrons. The summed E-state index contributed by atoms with van der Waals surface area (Å²) in [7, 11) is 0. The van der Waals surface area contributed by atoms with Gasteiger partial charge in [-0.1, -0.05) is 6.07 Å². The molecule has 0 spiro atoms. The zero-order chi connectivity index (χ0) is 18.7. The van der Waals surface area contributed by atoms with Crippen LogP contribution in [0.15, 0.2) is 30.5 Å². The van der Waals surface area contributed by atoms with Gasteiger partial charge >= 0.3 is 6.03 Å². The molecule has 0 radical (unpaired) electrons. The van der Waals surface area contributed by atoms with Gasteiger partial charge in [-0.05, 0) is 12.1 Å². The van der Waals surface area contributed by atoms with Gasteiger partial charge in [0.05, 0.1) is 12.2 Å². The molecule has 1 aromatic heterocycles. The highest BCUT2D eigenvalue weighted by Crippen LogP contribution is 2.24. The summed E-state index contributed by atoms with van der Waals surface area (Å²) in [6.07, 6.45) is 1.41. The molecule has 0 saturated carbocycles. The van der Waals surface area contributed by atoms with Crippen LogP contribution in [0, 0.1) is 23.0 Å². The molecule has 7 nitrogen and oxygen atoms in total. The van der Waals surface area contributed by atoms with E-state index in [4.69, 9.17) is 5.26 Å². The topological polar surface area (TPSA) is 98.1 Å². The number of carbonyl (C=O) groups is 2. The molecule has 3 rings (SSSR count). The summed E-state index contributed by atoms with van der Waals surface area (Å²) in [5, 5.41) is 14.2. The Kier molecular flexibility index (Phi) is 4.75. The highest BCUT2D eigenvalue weighted by atomic mass is 19.1. The summed E-state index contributed by atoms with van der Waals surface area (Å²) in [4.78, 5) is 29.3. The average Bonchev–Trinajstić information content (AvgIpc) is 2.61. The fourth-order valence-electron chi connectivity index (χ4n) is 2.54. The molecule has 0 bridgehead atoms. The third kappa shape index (κ3) is 3.59. The van der Waals surface area contributed by atoms with E-state index < -0.39 is 23.6 Å². The summed E-state index contributed by atoms with van der Waals surface area (Å²) >= 11 is 0. The average molecular weight is 357 g/mol. The van der Waals surface area contributed by atoms with E-state index >= 15 is 0 Å². The number of urea groups is 1. The van der Waals surface area contributed by atoms with Crippen LogP contribution in [0.2, 0.25) is 0 Å². The molecule has 9 heteroatoms. The van der Waals surface area contributed by atoms with E-state index in [-0.39, 0.29) is 30.9 Å². The van der Waals surface area contributed by atoms with Gasteiger partial charge in [-0.15, -0.1) is 0 Å². The summed E-state index contributed by atoms with van der Waals surface area (Å²) < 4.78 is 26.4. The van der Waals surface area contributed by atoms with Gasteiger partial charge in [-0.2, -0.15) is 5.26 Å².